The maximum absolute atomic E-state index is 12.5. The van der Waals surface area contributed by atoms with Crippen LogP contribution in [0.5, 0.6) is 0 Å². The first-order valence-electron chi connectivity index (χ1n) is 7.45. The van der Waals surface area contributed by atoms with Crippen LogP contribution in [0.1, 0.15) is 60.3 Å². The lowest BCUT2D eigenvalue weighted by molar-refractivity contribution is -0.134. The van der Waals surface area contributed by atoms with Gasteiger partial charge in [-0.3, -0.25) is 4.79 Å². The highest BCUT2D eigenvalue weighted by molar-refractivity contribution is 5.94. The van der Waals surface area contributed by atoms with E-state index >= 15 is 0 Å². The normalized spacial score (nSPS) is 26.2. The van der Waals surface area contributed by atoms with Crippen LogP contribution in [-0.2, 0) is 9.53 Å². The topological polar surface area (TPSA) is 46.6 Å². The number of hydrogen-bond acceptors (Lipinski definition) is 3. The lowest BCUT2D eigenvalue weighted by Gasteiger charge is -2.24. The Morgan fingerprint density at radius 1 is 1.37 bits per heavy atom. The molecule has 0 unspecified atom stereocenters. The fraction of sp³-hybridized carbons (Fsp3) is 0.867. The second-order valence-corrected chi connectivity index (χ2v) is 5.77. The minimum atomic E-state index is -0.480. The second-order valence-electron chi connectivity index (χ2n) is 5.77. The van der Waals surface area contributed by atoms with Gasteiger partial charge in [-0.15, -0.1) is 0 Å². The Hall–Kier alpha value is -1.06. The van der Waals surface area contributed by atoms with E-state index in [9.17, 15) is 9.59 Å². The number of hydrogen-bond donors (Lipinski definition) is 0. The molecule has 0 N–H and O–H groups in total. The standard InChI is InChI=1S/C15H27NO3/c1-6-8-10(3)9-13(7-2)14(17)16-11(4)12(5)19-15(16)18/h10-13H,6-9H2,1-5H3/t10-,11-,12+,13-/m1/s1. The molecule has 0 saturated carbocycles. The van der Waals surface area contributed by atoms with Crippen LogP contribution in [0.2, 0.25) is 0 Å². The van der Waals surface area contributed by atoms with Crippen molar-refractivity contribution in [3.05, 3.63) is 0 Å². The van der Waals surface area contributed by atoms with Gasteiger partial charge in [0.25, 0.3) is 0 Å². The lowest BCUT2D eigenvalue weighted by atomic mass is 9.89. The molecular formula is C15H27NO3. The largest absolute Gasteiger partial charge is 0.444 e. The monoisotopic (exact) mass is 269 g/mol. The molecule has 4 atom stereocenters. The average molecular weight is 269 g/mol. The summed E-state index contributed by atoms with van der Waals surface area (Å²) < 4.78 is 5.12. The molecule has 0 spiro atoms. The van der Waals surface area contributed by atoms with Gasteiger partial charge in [0.1, 0.15) is 6.10 Å². The third kappa shape index (κ3) is 3.71. The predicted molar refractivity (Wildman–Crippen MR) is 74.7 cm³/mol. The molecule has 0 aliphatic carbocycles. The van der Waals surface area contributed by atoms with E-state index in [1.165, 1.54) is 4.90 Å². The summed E-state index contributed by atoms with van der Waals surface area (Å²) in [5.41, 5.74) is 0. The predicted octanol–water partition coefficient (Wildman–Crippen LogP) is 3.59. The van der Waals surface area contributed by atoms with Crippen molar-refractivity contribution in [2.24, 2.45) is 11.8 Å². The van der Waals surface area contributed by atoms with Gasteiger partial charge in [0.2, 0.25) is 5.91 Å². The summed E-state index contributed by atoms with van der Waals surface area (Å²) in [6.45, 7) is 10.0. The molecular weight excluding hydrogens is 242 g/mol. The molecule has 2 amide bonds. The summed E-state index contributed by atoms with van der Waals surface area (Å²) in [5.74, 6) is 0.388. The maximum Gasteiger partial charge on any atom is 0.417 e. The molecule has 4 nitrogen and oxygen atoms in total. The fourth-order valence-corrected chi connectivity index (χ4v) is 2.72. The van der Waals surface area contributed by atoms with Crippen LogP contribution in [-0.4, -0.2) is 29.0 Å². The van der Waals surface area contributed by atoms with Crippen molar-refractivity contribution in [1.82, 2.24) is 4.90 Å². The van der Waals surface area contributed by atoms with Crippen molar-refractivity contribution >= 4 is 12.0 Å². The van der Waals surface area contributed by atoms with Crippen molar-refractivity contribution in [3.8, 4) is 0 Å². The van der Waals surface area contributed by atoms with Gasteiger partial charge in [-0.25, -0.2) is 9.69 Å². The molecule has 0 radical (unpaired) electrons. The van der Waals surface area contributed by atoms with Crippen molar-refractivity contribution in [1.29, 1.82) is 0 Å². The Kier molecular flexibility index (Phi) is 5.83. The van der Waals surface area contributed by atoms with E-state index in [4.69, 9.17) is 4.74 Å². The highest BCUT2D eigenvalue weighted by Gasteiger charge is 2.42. The van der Waals surface area contributed by atoms with Gasteiger partial charge in [0.15, 0.2) is 0 Å². The highest BCUT2D eigenvalue weighted by atomic mass is 16.6. The molecule has 1 heterocycles. The summed E-state index contributed by atoms with van der Waals surface area (Å²) >= 11 is 0. The molecule has 1 fully saturated rings. The molecule has 0 aromatic carbocycles. The smallest absolute Gasteiger partial charge is 0.417 e. The Balaban J connectivity index is 2.70. The zero-order valence-corrected chi connectivity index (χ0v) is 12.8. The number of rotatable bonds is 6. The number of imide groups is 1. The third-order valence-electron chi connectivity index (χ3n) is 4.12. The van der Waals surface area contributed by atoms with Gasteiger partial charge < -0.3 is 4.74 Å². The number of carbonyl (C=O) groups excluding carboxylic acids is 2. The average Bonchev–Trinajstić information content (AvgIpc) is 2.60. The maximum atomic E-state index is 12.5. The second kappa shape index (κ2) is 6.92. The van der Waals surface area contributed by atoms with E-state index in [1.807, 2.05) is 20.8 Å². The van der Waals surface area contributed by atoms with E-state index < -0.39 is 6.09 Å². The van der Waals surface area contributed by atoms with E-state index in [0.717, 1.165) is 25.7 Å². The number of carbonyl (C=O) groups is 2. The van der Waals surface area contributed by atoms with E-state index in [2.05, 4.69) is 13.8 Å². The summed E-state index contributed by atoms with van der Waals surface area (Å²) in [6, 6.07) is -0.157. The molecule has 1 saturated heterocycles. The van der Waals surface area contributed by atoms with Gasteiger partial charge in [-0.05, 0) is 32.6 Å². The lowest BCUT2D eigenvalue weighted by Crippen LogP contribution is -2.42. The van der Waals surface area contributed by atoms with Crippen LogP contribution in [0, 0.1) is 11.8 Å². The number of nitrogens with zero attached hydrogens (tertiary/aromatic N) is 1. The van der Waals surface area contributed by atoms with Crippen LogP contribution in [0.4, 0.5) is 4.79 Å². The first-order chi connectivity index (χ1) is 8.92. The molecule has 1 aliphatic rings. The van der Waals surface area contributed by atoms with Crippen molar-refractivity contribution in [3.63, 3.8) is 0 Å². The fourth-order valence-electron chi connectivity index (χ4n) is 2.72. The van der Waals surface area contributed by atoms with Gasteiger partial charge in [0, 0.05) is 5.92 Å². The van der Waals surface area contributed by atoms with E-state index in [1.54, 1.807) is 0 Å². The Bertz CT molecular complexity index is 329. The van der Waals surface area contributed by atoms with E-state index in [-0.39, 0.29) is 24.0 Å². The summed E-state index contributed by atoms with van der Waals surface area (Å²) in [5, 5.41) is 0. The number of amides is 2. The van der Waals surface area contributed by atoms with E-state index in [0.29, 0.717) is 5.92 Å². The van der Waals surface area contributed by atoms with Crippen molar-refractivity contribution < 1.29 is 14.3 Å². The first kappa shape index (κ1) is 16.0. The number of cyclic esters (lactones) is 1. The van der Waals surface area contributed by atoms with Crippen LogP contribution in [0.15, 0.2) is 0 Å². The zero-order valence-electron chi connectivity index (χ0n) is 12.8. The molecule has 1 aliphatic heterocycles. The van der Waals surface area contributed by atoms with Crippen molar-refractivity contribution in [2.75, 3.05) is 0 Å². The molecule has 110 valence electrons. The van der Waals surface area contributed by atoms with Gasteiger partial charge >= 0.3 is 6.09 Å². The van der Waals surface area contributed by atoms with Crippen LogP contribution >= 0.6 is 0 Å². The van der Waals surface area contributed by atoms with Gasteiger partial charge in [-0.2, -0.15) is 0 Å². The molecule has 19 heavy (non-hydrogen) atoms. The third-order valence-corrected chi connectivity index (χ3v) is 4.12. The SMILES string of the molecule is CCC[C@@H](C)C[C@@H](CC)C(=O)N1C(=O)O[C@@H](C)[C@H]1C. The van der Waals surface area contributed by atoms with Crippen LogP contribution in [0.25, 0.3) is 0 Å². The van der Waals surface area contributed by atoms with Crippen LogP contribution in [0.3, 0.4) is 0 Å². The van der Waals surface area contributed by atoms with Gasteiger partial charge in [0.05, 0.1) is 6.04 Å². The quantitative estimate of drug-likeness (QED) is 0.740. The number of ether oxygens (including phenoxy) is 1. The molecule has 0 bridgehead atoms. The Labute approximate surface area is 116 Å². The summed E-state index contributed by atoms with van der Waals surface area (Å²) in [6.07, 6.45) is 3.20. The molecule has 4 heteroatoms. The zero-order chi connectivity index (χ0) is 14.6. The first-order valence-corrected chi connectivity index (χ1v) is 7.45. The highest BCUT2D eigenvalue weighted by Crippen LogP contribution is 2.26. The Morgan fingerprint density at radius 2 is 2.00 bits per heavy atom. The summed E-state index contributed by atoms with van der Waals surface area (Å²) in [4.78, 5) is 25.6. The van der Waals surface area contributed by atoms with Gasteiger partial charge in [-0.1, -0.05) is 33.6 Å². The molecule has 0 aromatic rings. The molecule has 1 rings (SSSR count). The minimum absolute atomic E-state index is 0.0627. The summed E-state index contributed by atoms with van der Waals surface area (Å²) in [7, 11) is 0. The minimum Gasteiger partial charge on any atom is -0.444 e. The molecule has 0 aromatic heterocycles. The Morgan fingerprint density at radius 3 is 2.42 bits per heavy atom. The van der Waals surface area contributed by atoms with Crippen molar-refractivity contribution in [2.45, 2.75) is 72.4 Å². The van der Waals surface area contributed by atoms with Crippen LogP contribution < -0.4 is 0 Å².